The number of para-hydroxylation sites is 1. The number of amides is 1. The van der Waals surface area contributed by atoms with Gasteiger partial charge < -0.3 is 20.4 Å². The molecule has 0 fully saturated rings. The van der Waals surface area contributed by atoms with Crippen molar-refractivity contribution < 1.29 is 14.0 Å². The highest BCUT2D eigenvalue weighted by molar-refractivity contribution is 6.26. The van der Waals surface area contributed by atoms with Crippen molar-refractivity contribution in [3.05, 3.63) is 77.9 Å². The van der Waals surface area contributed by atoms with E-state index in [1.165, 1.54) is 12.1 Å². The van der Waals surface area contributed by atoms with Crippen LogP contribution in [0, 0.1) is 5.82 Å². The molecule has 3 aromatic rings. The molecule has 1 amide bonds. The smallest absolute Gasteiger partial charge is 0.263 e. The Bertz CT molecular complexity index is 1280. The molecule has 0 saturated carbocycles. The molecule has 0 atom stereocenters. The minimum absolute atomic E-state index is 0. The number of fused-ring (bicyclic) bond motifs is 4. The number of rotatable bonds is 5. The summed E-state index contributed by atoms with van der Waals surface area (Å²) in [5, 5.41) is 7.92. The van der Waals surface area contributed by atoms with E-state index in [2.05, 4.69) is 34.9 Å². The fourth-order valence-corrected chi connectivity index (χ4v) is 4.41. The number of likely N-dealkylation sites (N-methyl/N-ethyl adjacent to an activating group) is 1. The summed E-state index contributed by atoms with van der Waals surface area (Å²) < 4.78 is 14.2. The Labute approximate surface area is 197 Å². The first-order chi connectivity index (χ1) is 15.6. The van der Waals surface area contributed by atoms with Crippen LogP contribution in [-0.2, 0) is 9.59 Å². The summed E-state index contributed by atoms with van der Waals surface area (Å²) in [4.78, 5) is 30.3. The van der Waals surface area contributed by atoms with E-state index in [-0.39, 0.29) is 35.9 Å². The van der Waals surface area contributed by atoms with Gasteiger partial charge in [-0.15, -0.1) is 12.4 Å². The van der Waals surface area contributed by atoms with Gasteiger partial charge in [0.15, 0.2) is 5.78 Å². The Balaban J connectivity index is 0.00000259. The van der Waals surface area contributed by atoms with Crippen LogP contribution in [0.15, 0.2) is 72.1 Å². The number of hydrogen-bond donors (Lipinski definition) is 2. The molecule has 0 aliphatic carbocycles. The van der Waals surface area contributed by atoms with Gasteiger partial charge in [0.2, 0.25) is 0 Å². The highest BCUT2D eigenvalue weighted by Gasteiger charge is 2.41. The van der Waals surface area contributed by atoms with Crippen LogP contribution in [0.25, 0.3) is 10.8 Å². The fraction of sp³-hybridized carbons (Fsp3) is 0.200. The maximum Gasteiger partial charge on any atom is 0.263 e. The number of hydrogen-bond acceptors (Lipinski definition) is 5. The molecule has 2 aliphatic rings. The number of carbonyl (C=O) groups is 2. The number of carbonyl (C=O) groups excluding carboxylic acids is 2. The second kappa shape index (κ2) is 9.21. The lowest BCUT2D eigenvalue weighted by atomic mass is 10.0. The number of halogens is 2. The predicted molar refractivity (Wildman–Crippen MR) is 131 cm³/mol. The Morgan fingerprint density at radius 3 is 2.39 bits per heavy atom. The van der Waals surface area contributed by atoms with Crippen LogP contribution in [0.4, 0.5) is 21.5 Å². The summed E-state index contributed by atoms with van der Waals surface area (Å²) in [6, 6.07) is 18.2. The molecule has 0 spiro atoms. The SMILES string of the molecule is CNCCN1C2=C(C(=O)Nc3ccccc3F)C(=O)CCN2c2cc3ccccc3cc21.Cl. The minimum atomic E-state index is -0.591. The van der Waals surface area contributed by atoms with Gasteiger partial charge in [0, 0.05) is 26.1 Å². The first-order valence-electron chi connectivity index (χ1n) is 10.6. The van der Waals surface area contributed by atoms with Gasteiger partial charge in [-0.25, -0.2) is 4.39 Å². The molecule has 0 unspecified atom stereocenters. The molecule has 6 nitrogen and oxygen atoms in total. The van der Waals surface area contributed by atoms with Crippen molar-refractivity contribution in [3.63, 3.8) is 0 Å². The van der Waals surface area contributed by atoms with Crippen LogP contribution < -0.4 is 20.4 Å². The quantitative estimate of drug-likeness (QED) is 0.555. The van der Waals surface area contributed by atoms with E-state index in [0.717, 1.165) is 22.1 Å². The maximum atomic E-state index is 14.2. The molecule has 3 aromatic carbocycles. The number of anilines is 3. The van der Waals surface area contributed by atoms with Crippen molar-refractivity contribution in [1.29, 1.82) is 0 Å². The van der Waals surface area contributed by atoms with E-state index < -0.39 is 11.7 Å². The zero-order valence-corrected chi connectivity index (χ0v) is 18.9. The molecule has 0 saturated heterocycles. The van der Waals surface area contributed by atoms with Crippen LogP contribution in [0.2, 0.25) is 0 Å². The van der Waals surface area contributed by atoms with Crippen LogP contribution in [0.3, 0.4) is 0 Å². The van der Waals surface area contributed by atoms with Gasteiger partial charge in [0.05, 0.1) is 17.1 Å². The van der Waals surface area contributed by atoms with E-state index >= 15 is 0 Å². The van der Waals surface area contributed by atoms with Crippen LogP contribution >= 0.6 is 12.4 Å². The Hall–Kier alpha value is -3.42. The summed E-state index contributed by atoms with van der Waals surface area (Å²) in [5.74, 6) is -0.807. The number of nitrogens with zero attached hydrogens (tertiary/aromatic N) is 2. The maximum absolute atomic E-state index is 14.2. The summed E-state index contributed by atoms with van der Waals surface area (Å²) in [5.41, 5.74) is 2.05. The van der Waals surface area contributed by atoms with Crippen molar-refractivity contribution in [1.82, 2.24) is 5.32 Å². The van der Waals surface area contributed by atoms with Crippen molar-refractivity contribution in [2.75, 3.05) is 41.8 Å². The highest BCUT2D eigenvalue weighted by atomic mass is 35.5. The average Bonchev–Trinajstić information content (AvgIpc) is 3.09. The van der Waals surface area contributed by atoms with Gasteiger partial charge in [0.25, 0.3) is 5.91 Å². The molecule has 2 aliphatic heterocycles. The number of Topliss-reactive ketones (excluding diaryl/α,β-unsaturated/α-hetero) is 1. The zero-order chi connectivity index (χ0) is 22.2. The zero-order valence-electron chi connectivity index (χ0n) is 18.1. The van der Waals surface area contributed by atoms with Gasteiger partial charge in [-0.3, -0.25) is 9.59 Å². The molecule has 33 heavy (non-hydrogen) atoms. The molecular formula is C25H24ClFN4O2. The Morgan fingerprint density at radius 2 is 1.70 bits per heavy atom. The number of ketones is 1. The van der Waals surface area contributed by atoms with E-state index in [4.69, 9.17) is 0 Å². The average molecular weight is 467 g/mol. The van der Waals surface area contributed by atoms with Crippen molar-refractivity contribution in [2.45, 2.75) is 6.42 Å². The van der Waals surface area contributed by atoms with Crippen molar-refractivity contribution in [3.8, 4) is 0 Å². The number of benzene rings is 3. The fourth-order valence-electron chi connectivity index (χ4n) is 4.41. The minimum Gasteiger partial charge on any atom is -0.325 e. The first-order valence-corrected chi connectivity index (χ1v) is 10.6. The topological polar surface area (TPSA) is 64.7 Å². The molecule has 5 rings (SSSR count). The Morgan fingerprint density at radius 1 is 1.03 bits per heavy atom. The summed E-state index contributed by atoms with van der Waals surface area (Å²) in [6.07, 6.45) is 0.218. The van der Waals surface area contributed by atoms with Crippen LogP contribution in [0.1, 0.15) is 6.42 Å². The van der Waals surface area contributed by atoms with E-state index in [1.807, 2.05) is 29.0 Å². The van der Waals surface area contributed by atoms with E-state index in [0.29, 0.717) is 25.5 Å². The van der Waals surface area contributed by atoms with Gasteiger partial charge in [-0.1, -0.05) is 36.4 Å². The summed E-state index contributed by atoms with van der Waals surface area (Å²) in [6.45, 7) is 1.74. The van der Waals surface area contributed by atoms with Crippen molar-refractivity contribution >= 4 is 51.9 Å². The molecular weight excluding hydrogens is 443 g/mol. The normalized spacial score (nSPS) is 14.8. The molecule has 0 radical (unpaired) electrons. The third kappa shape index (κ3) is 3.94. The third-order valence-electron chi connectivity index (χ3n) is 5.94. The van der Waals surface area contributed by atoms with E-state index in [1.54, 1.807) is 12.1 Å². The van der Waals surface area contributed by atoms with E-state index in [9.17, 15) is 14.0 Å². The van der Waals surface area contributed by atoms with Crippen molar-refractivity contribution in [2.24, 2.45) is 0 Å². The first kappa shape index (κ1) is 22.8. The second-order valence-corrected chi connectivity index (χ2v) is 7.90. The van der Waals surface area contributed by atoms with Gasteiger partial charge in [-0.2, -0.15) is 0 Å². The van der Waals surface area contributed by atoms with Gasteiger partial charge in [0.1, 0.15) is 17.2 Å². The lowest BCUT2D eigenvalue weighted by Crippen LogP contribution is -2.42. The molecule has 0 bridgehead atoms. The van der Waals surface area contributed by atoms with Gasteiger partial charge in [-0.05, 0) is 42.1 Å². The lowest BCUT2D eigenvalue weighted by Gasteiger charge is -2.31. The molecule has 2 heterocycles. The Kier molecular flexibility index (Phi) is 6.35. The monoisotopic (exact) mass is 466 g/mol. The number of nitrogens with one attached hydrogen (secondary N) is 2. The second-order valence-electron chi connectivity index (χ2n) is 7.90. The predicted octanol–water partition coefficient (Wildman–Crippen LogP) is 4.07. The molecule has 8 heteroatoms. The van der Waals surface area contributed by atoms with Crippen LogP contribution in [0.5, 0.6) is 0 Å². The summed E-state index contributed by atoms with van der Waals surface area (Å²) >= 11 is 0. The summed E-state index contributed by atoms with van der Waals surface area (Å²) in [7, 11) is 1.86. The molecule has 0 aromatic heterocycles. The largest absolute Gasteiger partial charge is 0.325 e. The third-order valence-corrected chi connectivity index (χ3v) is 5.94. The standard InChI is InChI=1S/C25H23FN4O2.ClH/c1-27-11-13-30-21-15-17-7-3-2-6-16(17)14-20(21)29-12-10-22(31)23(25(29)30)24(32)28-19-9-5-4-8-18(19)26;/h2-9,14-15,27H,10-13H2,1H3,(H,28,32);1H. The lowest BCUT2D eigenvalue weighted by molar-refractivity contribution is -0.120. The molecule has 2 N–H and O–H groups in total. The molecule has 170 valence electrons. The highest BCUT2D eigenvalue weighted by Crippen LogP contribution is 2.46. The van der Waals surface area contributed by atoms with Gasteiger partial charge >= 0.3 is 0 Å². The van der Waals surface area contributed by atoms with Crippen LogP contribution in [-0.4, -0.2) is 38.4 Å².